The van der Waals surface area contributed by atoms with Crippen LogP contribution in [0.5, 0.6) is 23.0 Å². The molecule has 5 heteroatoms. The van der Waals surface area contributed by atoms with E-state index in [1.807, 2.05) is 50.2 Å². The Morgan fingerprint density at radius 2 is 1.06 bits per heavy atom. The molecule has 0 saturated carbocycles. The van der Waals surface area contributed by atoms with Crippen molar-refractivity contribution in [3.8, 4) is 23.0 Å². The zero-order valence-corrected chi connectivity index (χ0v) is 24.0. The Morgan fingerprint density at radius 1 is 0.694 bits per heavy atom. The first-order valence-electron chi connectivity index (χ1n) is 12.9. The van der Waals surface area contributed by atoms with E-state index in [1.54, 1.807) is 14.2 Å². The quantitative estimate of drug-likeness (QED) is 0.299. The minimum Gasteiger partial charge on any atom is -0.493 e. The van der Waals surface area contributed by atoms with Gasteiger partial charge < -0.3 is 18.9 Å². The van der Waals surface area contributed by atoms with Crippen LogP contribution in [0.3, 0.4) is 0 Å². The Kier molecular flexibility index (Phi) is 10.3. The van der Waals surface area contributed by atoms with E-state index >= 15 is 0 Å². The first kappa shape index (κ1) is 29.5. The molecule has 0 aromatic heterocycles. The Labute approximate surface area is 218 Å². The second kappa shape index (κ2) is 12.5. The number of benzene rings is 2. The normalized spacial score (nSPS) is 13.6. The summed E-state index contributed by atoms with van der Waals surface area (Å²) in [7, 11) is 3.25. The smallest absolute Gasteiger partial charge is 0.164 e. The van der Waals surface area contributed by atoms with Crippen molar-refractivity contribution in [2.24, 2.45) is 10.8 Å². The van der Waals surface area contributed by atoms with Gasteiger partial charge in [0.25, 0.3) is 0 Å². The average Bonchev–Trinajstić information content (AvgIpc) is 2.80. The number of para-hydroxylation sites is 2. The van der Waals surface area contributed by atoms with Crippen molar-refractivity contribution < 1.29 is 23.7 Å². The van der Waals surface area contributed by atoms with Crippen LogP contribution in [0.15, 0.2) is 36.4 Å². The predicted octanol–water partition coefficient (Wildman–Crippen LogP) is 7.81. The van der Waals surface area contributed by atoms with Crippen molar-refractivity contribution in [1.29, 1.82) is 0 Å². The molecule has 0 N–H and O–H groups in total. The van der Waals surface area contributed by atoms with Crippen LogP contribution in [0.1, 0.15) is 91.2 Å². The third-order valence-electron chi connectivity index (χ3n) is 6.43. The van der Waals surface area contributed by atoms with Crippen LogP contribution in [-0.4, -0.2) is 33.2 Å². The van der Waals surface area contributed by atoms with Gasteiger partial charge in [-0.25, -0.2) is 0 Å². The zero-order valence-electron chi connectivity index (χ0n) is 24.0. The number of rotatable bonds is 12. The molecule has 2 rings (SSSR count). The molecule has 0 heterocycles. The van der Waals surface area contributed by atoms with Gasteiger partial charge in [0.1, 0.15) is 5.78 Å². The van der Waals surface area contributed by atoms with Gasteiger partial charge in [0.15, 0.2) is 23.0 Å². The summed E-state index contributed by atoms with van der Waals surface area (Å²) in [5.74, 6) is 1.85. The second-order valence-corrected chi connectivity index (χ2v) is 11.9. The molecular formula is C31H46O5. The van der Waals surface area contributed by atoms with E-state index in [0.29, 0.717) is 36.2 Å². The molecular weight excluding hydrogens is 452 g/mol. The lowest BCUT2D eigenvalue weighted by atomic mass is 9.85. The zero-order chi connectivity index (χ0) is 27.1. The van der Waals surface area contributed by atoms with Gasteiger partial charge in [-0.15, -0.1) is 0 Å². The fourth-order valence-corrected chi connectivity index (χ4v) is 4.03. The molecule has 36 heavy (non-hydrogen) atoms. The maximum Gasteiger partial charge on any atom is 0.164 e. The molecule has 0 aliphatic heterocycles. The molecule has 0 bridgehead atoms. The van der Waals surface area contributed by atoms with Gasteiger partial charge in [-0.1, -0.05) is 79.7 Å². The van der Waals surface area contributed by atoms with Gasteiger partial charge in [0.2, 0.25) is 0 Å². The van der Waals surface area contributed by atoms with Crippen LogP contribution in [0.4, 0.5) is 0 Å². The standard InChI is InChI=1S/C31H46O5/c1-21(23-13-11-15-25(28(23)33-9)35-19-17-30(3,4)5)27(32)22(2)24-14-12-16-26(29(24)34-10)36-20-18-31(6,7)8/h11-16,21-22H,17-20H2,1-10H3. The number of carbonyl (C=O) groups excluding carboxylic acids is 1. The molecule has 2 atom stereocenters. The van der Waals surface area contributed by atoms with Gasteiger partial charge in [0.05, 0.1) is 27.4 Å². The van der Waals surface area contributed by atoms with Crippen LogP contribution in [-0.2, 0) is 4.79 Å². The van der Waals surface area contributed by atoms with E-state index in [4.69, 9.17) is 18.9 Å². The second-order valence-electron chi connectivity index (χ2n) is 11.9. The maximum absolute atomic E-state index is 13.7. The molecule has 200 valence electrons. The molecule has 0 fully saturated rings. The largest absolute Gasteiger partial charge is 0.493 e. The minimum atomic E-state index is -0.392. The molecule has 0 aliphatic carbocycles. The minimum absolute atomic E-state index is 0.0743. The van der Waals surface area contributed by atoms with Crippen LogP contribution < -0.4 is 18.9 Å². The molecule has 2 aromatic carbocycles. The Balaban J connectivity index is 2.27. The number of Topliss-reactive ketones (excluding diaryl/α,β-unsaturated/α-hetero) is 1. The molecule has 0 amide bonds. The highest BCUT2D eigenvalue weighted by Gasteiger charge is 2.29. The molecule has 5 nitrogen and oxygen atoms in total. The summed E-state index contributed by atoms with van der Waals surface area (Å²) < 4.78 is 23.6. The van der Waals surface area contributed by atoms with Crippen molar-refractivity contribution in [1.82, 2.24) is 0 Å². The van der Waals surface area contributed by atoms with Crippen molar-refractivity contribution in [3.63, 3.8) is 0 Å². The third-order valence-corrected chi connectivity index (χ3v) is 6.43. The highest BCUT2D eigenvalue weighted by Crippen LogP contribution is 2.41. The monoisotopic (exact) mass is 498 g/mol. The molecule has 0 saturated heterocycles. The Hall–Kier alpha value is -2.69. The molecule has 0 spiro atoms. The number of carbonyl (C=O) groups is 1. The summed E-state index contributed by atoms with van der Waals surface area (Å²) >= 11 is 0. The van der Waals surface area contributed by atoms with E-state index in [9.17, 15) is 4.79 Å². The van der Waals surface area contributed by atoms with E-state index in [1.165, 1.54) is 0 Å². The first-order valence-corrected chi connectivity index (χ1v) is 12.9. The molecule has 2 aromatic rings. The van der Waals surface area contributed by atoms with Crippen molar-refractivity contribution in [3.05, 3.63) is 47.5 Å². The number of methoxy groups -OCH3 is 2. The van der Waals surface area contributed by atoms with Gasteiger partial charge >= 0.3 is 0 Å². The van der Waals surface area contributed by atoms with Crippen LogP contribution >= 0.6 is 0 Å². The van der Waals surface area contributed by atoms with Gasteiger partial charge in [-0.3, -0.25) is 4.79 Å². The number of hydrogen-bond acceptors (Lipinski definition) is 5. The lowest BCUT2D eigenvalue weighted by molar-refractivity contribution is -0.121. The Morgan fingerprint density at radius 3 is 1.36 bits per heavy atom. The number of ketones is 1. The highest BCUT2D eigenvalue weighted by atomic mass is 16.5. The van der Waals surface area contributed by atoms with Gasteiger partial charge in [0, 0.05) is 23.0 Å². The number of hydrogen-bond donors (Lipinski definition) is 0. The van der Waals surface area contributed by atoms with Gasteiger partial charge in [-0.05, 0) is 35.8 Å². The van der Waals surface area contributed by atoms with E-state index < -0.39 is 11.8 Å². The summed E-state index contributed by atoms with van der Waals surface area (Å²) in [4.78, 5) is 13.7. The summed E-state index contributed by atoms with van der Waals surface area (Å²) in [6.07, 6.45) is 1.83. The van der Waals surface area contributed by atoms with Crippen LogP contribution in [0, 0.1) is 10.8 Å². The fraction of sp³-hybridized carbons (Fsp3) is 0.581. The summed E-state index contributed by atoms with van der Waals surface area (Å²) in [6, 6.07) is 11.5. The predicted molar refractivity (Wildman–Crippen MR) is 147 cm³/mol. The SMILES string of the molecule is COc1c(OCCC(C)(C)C)cccc1C(C)C(=O)C(C)c1cccc(OCCC(C)(C)C)c1OC. The topological polar surface area (TPSA) is 54.0 Å². The Bertz CT molecular complexity index is 918. The molecule has 2 unspecified atom stereocenters. The summed E-state index contributed by atoms with van der Waals surface area (Å²) in [6.45, 7) is 18.1. The first-order chi connectivity index (χ1) is 16.8. The van der Waals surface area contributed by atoms with E-state index in [-0.39, 0.29) is 16.6 Å². The van der Waals surface area contributed by atoms with Crippen LogP contribution in [0.2, 0.25) is 0 Å². The lowest BCUT2D eigenvalue weighted by Gasteiger charge is -2.24. The van der Waals surface area contributed by atoms with Gasteiger partial charge in [-0.2, -0.15) is 0 Å². The van der Waals surface area contributed by atoms with Crippen LogP contribution in [0.25, 0.3) is 0 Å². The lowest BCUT2D eigenvalue weighted by Crippen LogP contribution is -2.18. The fourth-order valence-electron chi connectivity index (χ4n) is 4.03. The third kappa shape index (κ3) is 8.18. The summed E-state index contributed by atoms with van der Waals surface area (Å²) in [5, 5.41) is 0. The maximum atomic E-state index is 13.7. The molecule has 0 radical (unpaired) electrons. The van der Waals surface area contributed by atoms with Crippen molar-refractivity contribution in [2.75, 3.05) is 27.4 Å². The van der Waals surface area contributed by atoms with E-state index in [2.05, 4.69) is 41.5 Å². The number of ether oxygens (including phenoxy) is 4. The van der Waals surface area contributed by atoms with E-state index in [0.717, 1.165) is 24.0 Å². The average molecular weight is 499 g/mol. The van der Waals surface area contributed by atoms with Crippen molar-refractivity contribution >= 4 is 5.78 Å². The van der Waals surface area contributed by atoms with Crippen molar-refractivity contribution in [2.45, 2.75) is 80.1 Å². The molecule has 0 aliphatic rings. The summed E-state index contributed by atoms with van der Waals surface area (Å²) in [5.41, 5.74) is 1.99. The highest BCUT2D eigenvalue weighted by molar-refractivity contribution is 5.92.